The summed E-state index contributed by atoms with van der Waals surface area (Å²) in [7, 11) is 0. The number of hydrogen-bond donors (Lipinski definition) is 1. The van der Waals surface area contributed by atoms with E-state index in [1.54, 1.807) is 6.33 Å². The molecule has 90 valence electrons. The molecule has 0 amide bonds. The van der Waals surface area contributed by atoms with Gasteiger partial charge in [-0.1, -0.05) is 19.1 Å². The van der Waals surface area contributed by atoms with Gasteiger partial charge in [0.2, 0.25) is 0 Å². The number of rotatable bonds is 5. The quantitative estimate of drug-likeness (QED) is 0.846. The molecule has 2 rings (SSSR count). The van der Waals surface area contributed by atoms with Crippen molar-refractivity contribution in [1.29, 1.82) is 0 Å². The number of nitrogens with one attached hydrogen (secondary N) is 1. The van der Waals surface area contributed by atoms with Crippen LogP contribution < -0.4 is 5.32 Å². The smallest absolute Gasteiger partial charge is 0.164 e. The van der Waals surface area contributed by atoms with E-state index in [0.29, 0.717) is 0 Å². The molecule has 5 heteroatoms. The van der Waals surface area contributed by atoms with E-state index in [1.165, 1.54) is 9.13 Å². The maximum atomic E-state index is 4.41. The van der Waals surface area contributed by atoms with E-state index in [4.69, 9.17) is 0 Å². The number of hydrogen-bond acceptors (Lipinski definition) is 3. The predicted molar refractivity (Wildman–Crippen MR) is 75.7 cm³/mol. The monoisotopic (exact) mass is 342 g/mol. The highest BCUT2D eigenvalue weighted by atomic mass is 127. The molecule has 0 aliphatic heterocycles. The summed E-state index contributed by atoms with van der Waals surface area (Å²) >= 11 is 2.30. The minimum absolute atomic E-state index is 0.732. The molecule has 0 bridgehead atoms. The zero-order valence-corrected chi connectivity index (χ0v) is 11.9. The van der Waals surface area contributed by atoms with Crippen LogP contribution in [0.5, 0.6) is 0 Å². The van der Waals surface area contributed by atoms with Gasteiger partial charge in [-0.05, 0) is 46.8 Å². The Morgan fingerprint density at radius 2 is 2.06 bits per heavy atom. The highest BCUT2D eigenvalue weighted by Crippen LogP contribution is 2.07. The van der Waals surface area contributed by atoms with Gasteiger partial charge in [-0.15, -0.1) is 0 Å². The zero-order chi connectivity index (χ0) is 12.1. The van der Waals surface area contributed by atoms with Crippen molar-refractivity contribution in [2.24, 2.45) is 0 Å². The molecule has 2 aromatic rings. The van der Waals surface area contributed by atoms with E-state index in [2.05, 4.69) is 69.2 Å². The van der Waals surface area contributed by atoms with Gasteiger partial charge in [0.25, 0.3) is 0 Å². The highest BCUT2D eigenvalue weighted by molar-refractivity contribution is 14.1. The summed E-state index contributed by atoms with van der Waals surface area (Å²) < 4.78 is 3.12. The lowest BCUT2D eigenvalue weighted by atomic mass is 10.2. The summed E-state index contributed by atoms with van der Waals surface area (Å²) in [6.07, 6.45) is 1.78. The van der Waals surface area contributed by atoms with Gasteiger partial charge in [-0.2, -0.15) is 5.10 Å². The average Bonchev–Trinajstić information content (AvgIpc) is 2.77. The van der Waals surface area contributed by atoms with Crippen molar-refractivity contribution in [3.05, 3.63) is 45.6 Å². The Labute approximate surface area is 115 Å². The normalized spacial score (nSPS) is 10.7. The summed E-state index contributed by atoms with van der Waals surface area (Å²) in [4.78, 5) is 4.26. The molecule has 0 aliphatic carbocycles. The van der Waals surface area contributed by atoms with Crippen LogP contribution in [0.1, 0.15) is 18.3 Å². The first-order valence-electron chi connectivity index (χ1n) is 5.61. The Kier molecular flexibility index (Phi) is 4.49. The summed E-state index contributed by atoms with van der Waals surface area (Å²) in [5.41, 5.74) is 1.24. The zero-order valence-electron chi connectivity index (χ0n) is 9.73. The maximum absolute atomic E-state index is 4.41. The van der Waals surface area contributed by atoms with Crippen molar-refractivity contribution in [3.63, 3.8) is 0 Å². The van der Waals surface area contributed by atoms with Gasteiger partial charge in [0, 0.05) is 3.57 Å². The SMILES string of the molecule is CCNCc1ncn(Cc2ccc(I)cc2)n1. The van der Waals surface area contributed by atoms with E-state index < -0.39 is 0 Å². The van der Waals surface area contributed by atoms with Crippen LogP contribution in [0.4, 0.5) is 0 Å². The van der Waals surface area contributed by atoms with Crippen molar-refractivity contribution in [1.82, 2.24) is 20.1 Å². The third-order valence-electron chi connectivity index (χ3n) is 2.37. The second-order valence-corrected chi connectivity index (χ2v) is 5.01. The molecule has 1 heterocycles. The number of aromatic nitrogens is 3. The number of nitrogens with zero attached hydrogens (tertiary/aromatic N) is 3. The van der Waals surface area contributed by atoms with Gasteiger partial charge in [0.1, 0.15) is 6.33 Å². The van der Waals surface area contributed by atoms with E-state index >= 15 is 0 Å². The van der Waals surface area contributed by atoms with Crippen molar-refractivity contribution in [3.8, 4) is 0 Å². The van der Waals surface area contributed by atoms with Gasteiger partial charge in [0.15, 0.2) is 5.82 Å². The molecule has 1 aromatic heterocycles. The number of benzene rings is 1. The van der Waals surface area contributed by atoms with Gasteiger partial charge in [0.05, 0.1) is 13.1 Å². The molecule has 0 saturated heterocycles. The molecule has 0 aliphatic rings. The van der Waals surface area contributed by atoms with E-state index in [0.717, 1.165) is 25.5 Å². The van der Waals surface area contributed by atoms with Gasteiger partial charge < -0.3 is 5.32 Å². The average molecular weight is 342 g/mol. The van der Waals surface area contributed by atoms with Crippen LogP contribution in [0.2, 0.25) is 0 Å². The second kappa shape index (κ2) is 6.11. The maximum Gasteiger partial charge on any atom is 0.164 e. The van der Waals surface area contributed by atoms with Crippen molar-refractivity contribution in [2.45, 2.75) is 20.0 Å². The lowest BCUT2D eigenvalue weighted by Gasteiger charge is -2.01. The molecule has 0 unspecified atom stereocenters. The van der Waals surface area contributed by atoms with Crippen LogP contribution in [0, 0.1) is 3.57 Å². The summed E-state index contributed by atoms with van der Waals surface area (Å²) in [5.74, 6) is 0.845. The first-order valence-corrected chi connectivity index (χ1v) is 6.69. The molecule has 4 nitrogen and oxygen atoms in total. The fraction of sp³-hybridized carbons (Fsp3) is 0.333. The molecule has 1 N–H and O–H groups in total. The van der Waals surface area contributed by atoms with Crippen LogP contribution in [-0.2, 0) is 13.1 Å². The van der Waals surface area contributed by atoms with Crippen molar-refractivity contribution < 1.29 is 0 Å². The molecule has 1 aromatic carbocycles. The van der Waals surface area contributed by atoms with Crippen molar-refractivity contribution >= 4 is 22.6 Å². The van der Waals surface area contributed by atoms with Crippen LogP contribution in [-0.4, -0.2) is 21.3 Å². The molecule has 0 fully saturated rings. The minimum atomic E-state index is 0.732. The van der Waals surface area contributed by atoms with Crippen LogP contribution in [0.25, 0.3) is 0 Å². The van der Waals surface area contributed by atoms with Gasteiger partial charge in [-0.25, -0.2) is 9.67 Å². The molecule has 0 atom stereocenters. The Morgan fingerprint density at radius 3 is 2.76 bits per heavy atom. The van der Waals surface area contributed by atoms with Gasteiger partial charge in [-0.3, -0.25) is 0 Å². The van der Waals surface area contributed by atoms with E-state index in [-0.39, 0.29) is 0 Å². The number of halogens is 1. The van der Waals surface area contributed by atoms with Crippen LogP contribution in [0.15, 0.2) is 30.6 Å². The summed E-state index contributed by atoms with van der Waals surface area (Å²) in [6.45, 7) is 4.51. The van der Waals surface area contributed by atoms with Gasteiger partial charge >= 0.3 is 0 Å². The van der Waals surface area contributed by atoms with E-state index in [9.17, 15) is 0 Å². The highest BCUT2D eigenvalue weighted by Gasteiger charge is 2.00. The Balaban J connectivity index is 1.98. The Morgan fingerprint density at radius 1 is 1.29 bits per heavy atom. The lowest BCUT2D eigenvalue weighted by molar-refractivity contribution is 0.643. The molecule has 0 saturated carbocycles. The summed E-state index contributed by atoms with van der Waals surface area (Å²) in [5, 5.41) is 7.62. The van der Waals surface area contributed by atoms with E-state index in [1.807, 2.05) is 4.68 Å². The molecular formula is C12H15IN4. The Hall–Kier alpha value is -0.950. The van der Waals surface area contributed by atoms with Crippen LogP contribution >= 0.6 is 22.6 Å². The predicted octanol–water partition coefficient (Wildman–Crippen LogP) is 2.04. The third kappa shape index (κ3) is 3.78. The lowest BCUT2D eigenvalue weighted by Crippen LogP contribution is -2.13. The molecular weight excluding hydrogens is 327 g/mol. The third-order valence-corrected chi connectivity index (χ3v) is 3.09. The first kappa shape index (κ1) is 12.5. The molecule has 0 spiro atoms. The first-order chi connectivity index (χ1) is 8.28. The Bertz CT molecular complexity index is 464. The second-order valence-electron chi connectivity index (χ2n) is 3.77. The van der Waals surface area contributed by atoms with Crippen LogP contribution in [0.3, 0.4) is 0 Å². The topological polar surface area (TPSA) is 42.7 Å². The molecule has 17 heavy (non-hydrogen) atoms. The fourth-order valence-corrected chi connectivity index (χ4v) is 1.86. The minimum Gasteiger partial charge on any atom is -0.310 e. The fourth-order valence-electron chi connectivity index (χ4n) is 1.50. The van der Waals surface area contributed by atoms with Crippen molar-refractivity contribution in [2.75, 3.05) is 6.54 Å². The standard InChI is InChI=1S/C12H15IN4/c1-2-14-7-12-15-9-17(16-12)8-10-3-5-11(13)6-4-10/h3-6,9,14H,2,7-8H2,1H3. The summed E-state index contributed by atoms with van der Waals surface area (Å²) in [6, 6.07) is 8.44. The molecule has 0 radical (unpaired) electrons. The largest absolute Gasteiger partial charge is 0.310 e.